The Kier molecular flexibility index (Phi) is 5.10. The van der Waals surface area contributed by atoms with E-state index in [2.05, 4.69) is 10.2 Å². The molecule has 0 spiro atoms. The number of hydrogen-bond acceptors (Lipinski definition) is 4. The molecular formula is C12H19ClN4OS. The molecular weight excluding hydrogens is 284 g/mol. The van der Waals surface area contributed by atoms with Gasteiger partial charge in [-0.15, -0.1) is 21.8 Å². The van der Waals surface area contributed by atoms with E-state index in [1.54, 1.807) is 16.7 Å². The van der Waals surface area contributed by atoms with E-state index < -0.39 is 0 Å². The smallest absolute Gasteiger partial charge is 0.223 e. The Morgan fingerprint density at radius 1 is 1.42 bits per heavy atom. The van der Waals surface area contributed by atoms with Crippen molar-refractivity contribution in [2.45, 2.75) is 30.3 Å². The van der Waals surface area contributed by atoms with E-state index in [4.69, 9.17) is 11.6 Å². The lowest BCUT2D eigenvalue weighted by atomic mass is 9.96. The number of carbonyl (C=O) groups is 1. The zero-order valence-corrected chi connectivity index (χ0v) is 12.9. The lowest BCUT2D eigenvalue weighted by molar-refractivity contribution is -0.132. The second-order valence-electron chi connectivity index (χ2n) is 4.80. The first-order valence-corrected chi connectivity index (χ1v) is 7.97. The quantitative estimate of drug-likeness (QED) is 0.473. The van der Waals surface area contributed by atoms with E-state index in [9.17, 15) is 4.79 Å². The normalized spacial score (nSPS) is 20.1. The van der Waals surface area contributed by atoms with Crippen LogP contribution in [0.4, 0.5) is 0 Å². The maximum Gasteiger partial charge on any atom is 0.223 e. The molecule has 1 amide bonds. The number of piperidine rings is 1. The van der Waals surface area contributed by atoms with Crippen molar-refractivity contribution in [2.75, 3.05) is 25.2 Å². The van der Waals surface area contributed by atoms with Crippen molar-refractivity contribution in [3.63, 3.8) is 0 Å². The number of nitrogens with zero attached hydrogens (tertiary/aromatic N) is 4. The maximum atomic E-state index is 11.8. The highest BCUT2D eigenvalue weighted by Crippen LogP contribution is 2.28. The second-order valence-corrected chi connectivity index (χ2v) is 6.24. The number of thioether (sulfide) groups is 1. The van der Waals surface area contributed by atoms with Gasteiger partial charge in [-0.2, -0.15) is 0 Å². The van der Waals surface area contributed by atoms with Gasteiger partial charge in [0.25, 0.3) is 0 Å². The number of rotatable bonds is 5. The molecule has 1 aliphatic rings. The number of likely N-dealkylation sites (tertiary alicyclic amines) is 1. The minimum absolute atomic E-state index is 0.190. The monoisotopic (exact) mass is 302 g/mol. The van der Waals surface area contributed by atoms with Gasteiger partial charge >= 0.3 is 0 Å². The molecule has 19 heavy (non-hydrogen) atoms. The standard InChI is InChI=1S/C12H19ClN4OS/c1-16-6-4-9(8-10(16)18)11-14-15-12(17(11)2)19-7-3-5-13/h9H,3-8H2,1-2H3. The van der Waals surface area contributed by atoms with Crippen LogP contribution in [0, 0.1) is 0 Å². The lowest BCUT2D eigenvalue weighted by Crippen LogP contribution is -2.35. The summed E-state index contributed by atoms with van der Waals surface area (Å²) in [6, 6.07) is 0. The number of amides is 1. The highest BCUT2D eigenvalue weighted by atomic mass is 35.5. The van der Waals surface area contributed by atoms with Crippen LogP contribution in [0.25, 0.3) is 0 Å². The summed E-state index contributed by atoms with van der Waals surface area (Å²) in [6.07, 6.45) is 2.45. The summed E-state index contributed by atoms with van der Waals surface area (Å²) in [5, 5.41) is 9.39. The van der Waals surface area contributed by atoms with E-state index in [0.717, 1.165) is 36.1 Å². The third-order valence-electron chi connectivity index (χ3n) is 3.40. The van der Waals surface area contributed by atoms with Crippen molar-refractivity contribution in [1.29, 1.82) is 0 Å². The summed E-state index contributed by atoms with van der Waals surface area (Å²) in [6.45, 7) is 0.797. The largest absolute Gasteiger partial charge is 0.346 e. The predicted molar refractivity (Wildman–Crippen MR) is 76.7 cm³/mol. The topological polar surface area (TPSA) is 51.0 Å². The molecule has 2 heterocycles. The molecule has 1 aromatic heterocycles. The molecule has 1 unspecified atom stereocenters. The molecule has 0 bridgehead atoms. The van der Waals surface area contributed by atoms with Gasteiger partial charge < -0.3 is 9.47 Å². The zero-order chi connectivity index (χ0) is 13.8. The fourth-order valence-corrected chi connectivity index (χ4v) is 3.34. The molecule has 106 valence electrons. The number of alkyl halides is 1. The molecule has 7 heteroatoms. The summed E-state index contributed by atoms with van der Waals surface area (Å²) < 4.78 is 2.02. The molecule has 5 nitrogen and oxygen atoms in total. The van der Waals surface area contributed by atoms with Crippen LogP contribution in [0.3, 0.4) is 0 Å². The highest BCUT2D eigenvalue weighted by Gasteiger charge is 2.28. The summed E-state index contributed by atoms with van der Waals surface area (Å²) in [7, 11) is 3.82. The Labute approximate surface area is 122 Å². The van der Waals surface area contributed by atoms with E-state index >= 15 is 0 Å². The Bertz CT molecular complexity index is 451. The third kappa shape index (κ3) is 3.42. The first-order valence-electron chi connectivity index (χ1n) is 6.45. The summed E-state index contributed by atoms with van der Waals surface area (Å²) in [4.78, 5) is 13.5. The average molecular weight is 303 g/mol. The van der Waals surface area contributed by atoms with Crippen LogP contribution >= 0.6 is 23.4 Å². The number of aromatic nitrogens is 3. The molecule has 0 saturated carbocycles. The van der Waals surface area contributed by atoms with Gasteiger partial charge in [0.05, 0.1) is 0 Å². The van der Waals surface area contributed by atoms with Crippen molar-refractivity contribution in [2.24, 2.45) is 7.05 Å². The van der Waals surface area contributed by atoms with Gasteiger partial charge in [0.15, 0.2) is 5.16 Å². The predicted octanol–water partition coefficient (Wildman–Crippen LogP) is 1.87. The van der Waals surface area contributed by atoms with Crippen LogP contribution in [-0.4, -0.2) is 50.8 Å². The lowest BCUT2D eigenvalue weighted by Gasteiger charge is -2.28. The van der Waals surface area contributed by atoms with Crippen LogP contribution in [0.15, 0.2) is 5.16 Å². The Morgan fingerprint density at radius 3 is 2.89 bits per heavy atom. The number of hydrogen-bond donors (Lipinski definition) is 0. The minimum atomic E-state index is 0.190. The van der Waals surface area contributed by atoms with Crippen molar-refractivity contribution < 1.29 is 4.79 Å². The van der Waals surface area contributed by atoms with Crippen LogP contribution in [-0.2, 0) is 11.8 Å². The molecule has 1 aromatic rings. The highest BCUT2D eigenvalue weighted by molar-refractivity contribution is 7.99. The molecule has 0 N–H and O–H groups in total. The van der Waals surface area contributed by atoms with Crippen molar-refractivity contribution in [3.8, 4) is 0 Å². The van der Waals surface area contributed by atoms with Gasteiger partial charge in [0, 0.05) is 44.6 Å². The van der Waals surface area contributed by atoms with Gasteiger partial charge in [-0.1, -0.05) is 11.8 Å². The van der Waals surface area contributed by atoms with Gasteiger partial charge in [0.2, 0.25) is 5.91 Å². The van der Waals surface area contributed by atoms with Crippen LogP contribution in [0.1, 0.15) is 31.0 Å². The average Bonchev–Trinajstić information content (AvgIpc) is 2.75. The molecule has 1 aliphatic heterocycles. The Balaban J connectivity index is 2.03. The number of halogens is 1. The van der Waals surface area contributed by atoms with Crippen molar-refractivity contribution in [1.82, 2.24) is 19.7 Å². The SMILES string of the molecule is CN1CCC(c2nnc(SCCCCl)n2C)CC1=O. The summed E-state index contributed by atoms with van der Waals surface area (Å²) in [5.74, 6) is 2.93. The fraction of sp³-hybridized carbons (Fsp3) is 0.750. The Morgan fingerprint density at radius 2 is 2.21 bits per heavy atom. The summed E-state index contributed by atoms with van der Waals surface area (Å²) >= 11 is 7.33. The van der Waals surface area contributed by atoms with Crippen LogP contribution < -0.4 is 0 Å². The van der Waals surface area contributed by atoms with Gasteiger partial charge in [-0.3, -0.25) is 4.79 Å². The van der Waals surface area contributed by atoms with Gasteiger partial charge in [0.1, 0.15) is 5.82 Å². The molecule has 0 aromatic carbocycles. The van der Waals surface area contributed by atoms with E-state index in [1.165, 1.54) is 0 Å². The molecule has 1 fully saturated rings. The molecule has 0 aliphatic carbocycles. The van der Waals surface area contributed by atoms with E-state index in [1.807, 2.05) is 18.7 Å². The first-order chi connectivity index (χ1) is 9.13. The van der Waals surface area contributed by atoms with Crippen LogP contribution in [0.5, 0.6) is 0 Å². The molecule has 0 radical (unpaired) electrons. The first kappa shape index (κ1) is 14.7. The zero-order valence-electron chi connectivity index (χ0n) is 11.3. The van der Waals surface area contributed by atoms with Crippen molar-refractivity contribution >= 4 is 29.3 Å². The number of carbonyl (C=O) groups excluding carboxylic acids is 1. The van der Waals surface area contributed by atoms with E-state index in [0.29, 0.717) is 12.3 Å². The summed E-state index contributed by atoms with van der Waals surface area (Å²) in [5.41, 5.74) is 0. The van der Waals surface area contributed by atoms with Gasteiger partial charge in [-0.05, 0) is 12.8 Å². The molecule has 1 atom stereocenters. The van der Waals surface area contributed by atoms with Crippen molar-refractivity contribution in [3.05, 3.63) is 5.82 Å². The molecule has 1 saturated heterocycles. The Hall–Kier alpha value is -0.750. The maximum absolute atomic E-state index is 11.8. The van der Waals surface area contributed by atoms with Gasteiger partial charge in [-0.25, -0.2) is 0 Å². The minimum Gasteiger partial charge on any atom is -0.346 e. The third-order valence-corrected chi connectivity index (χ3v) is 4.78. The van der Waals surface area contributed by atoms with E-state index in [-0.39, 0.29) is 11.8 Å². The van der Waals surface area contributed by atoms with Crippen LogP contribution in [0.2, 0.25) is 0 Å². The second kappa shape index (κ2) is 6.61. The molecule has 2 rings (SSSR count). The fourth-order valence-electron chi connectivity index (χ4n) is 2.19.